The van der Waals surface area contributed by atoms with Crippen LogP contribution in [-0.2, 0) is 0 Å². The molecule has 0 spiro atoms. The SMILES string of the molecule is CN1CCC(C)(NC(=O)c2ccccc2Cl)C1. The molecule has 1 aliphatic rings. The predicted octanol–water partition coefficient (Wildman–Crippen LogP) is 2.16. The fourth-order valence-corrected chi connectivity index (χ4v) is 2.50. The number of hydrogen-bond donors (Lipinski definition) is 1. The summed E-state index contributed by atoms with van der Waals surface area (Å²) in [5.74, 6) is -0.0894. The highest BCUT2D eigenvalue weighted by Crippen LogP contribution is 2.21. The van der Waals surface area contributed by atoms with Crippen molar-refractivity contribution >= 4 is 17.5 Å². The zero-order chi connectivity index (χ0) is 12.5. The molecule has 17 heavy (non-hydrogen) atoms. The molecule has 0 aromatic heterocycles. The van der Waals surface area contributed by atoms with Crippen LogP contribution in [0.1, 0.15) is 23.7 Å². The average Bonchev–Trinajstić information content (AvgIpc) is 2.58. The van der Waals surface area contributed by atoms with Crippen LogP contribution in [0.15, 0.2) is 24.3 Å². The van der Waals surface area contributed by atoms with E-state index in [0.29, 0.717) is 10.6 Å². The van der Waals surface area contributed by atoms with Gasteiger partial charge in [-0.2, -0.15) is 0 Å². The molecule has 1 aliphatic heterocycles. The number of carbonyl (C=O) groups is 1. The maximum Gasteiger partial charge on any atom is 0.253 e. The number of benzene rings is 1. The van der Waals surface area contributed by atoms with Crippen LogP contribution in [-0.4, -0.2) is 36.5 Å². The van der Waals surface area contributed by atoms with E-state index in [9.17, 15) is 4.79 Å². The first-order valence-corrected chi connectivity index (χ1v) is 6.14. The summed E-state index contributed by atoms with van der Waals surface area (Å²) in [6.07, 6.45) is 0.972. The Labute approximate surface area is 107 Å². The number of carbonyl (C=O) groups excluding carboxylic acids is 1. The van der Waals surface area contributed by atoms with E-state index in [1.807, 2.05) is 12.1 Å². The standard InChI is InChI=1S/C13H17ClN2O/c1-13(7-8-16(2)9-13)15-12(17)10-5-3-4-6-11(10)14/h3-6H,7-9H2,1-2H3,(H,15,17). The maximum absolute atomic E-state index is 12.1. The molecule has 0 radical (unpaired) electrons. The van der Waals surface area contributed by atoms with Crippen LogP contribution in [0.3, 0.4) is 0 Å². The van der Waals surface area contributed by atoms with Gasteiger partial charge in [-0.1, -0.05) is 23.7 Å². The average molecular weight is 253 g/mol. The fraction of sp³-hybridized carbons (Fsp3) is 0.462. The van der Waals surface area contributed by atoms with E-state index in [4.69, 9.17) is 11.6 Å². The summed E-state index contributed by atoms with van der Waals surface area (Å²) in [6.45, 7) is 3.97. The summed E-state index contributed by atoms with van der Waals surface area (Å²) >= 11 is 6.01. The third-order valence-electron chi connectivity index (χ3n) is 3.20. The van der Waals surface area contributed by atoms with Gasteiger partial charge in [-0.25, -0.2) is 0 Å². The number of hydrogen-bond acceptors (Lipinski definition) is 2. The number of amides is 1. The highest BCUT2D eigenvalue weighted by Gasteiger charge is 2.33. The molecule has 92 valence electrons. The lowest BCUT2D eigenvalue weighted by atomic mass is 10.0. The van der Waals surface area contributed by atoms with Gasteiger partial charge in [0.2, 0.25) is 0 Å². The minimum absolute atomic E-state index is 0.0894. The summed E-state index contributed by atoms with van der Waals surface area (Å²) in [7, 11) is 2.06. The van der Waals surface area contributed by atoms with Crippen molar-refractivity contribution < 1.29 is 4.79 Å². The Morgan fingerprint density at radius 1 is 1.47 bits per heavy atom. The van der Waals surface area contributed by atoms with Crippen molar-refractivity contribution in [2.75, 3.05) is 20.1 Å². The van der Waals surface area contributed by atoms with Crippen LogP contribution in [0.25, 0.3) is 0 Å². The third-order valence-corrected chi connectivity index (χ3v) is 3.53. The third kappa shape index (κ3) is 2.79. The Balaban J connectivity index is 2.10. The molecule has 1 heterocycles. The summed E-state index contributed by atoms with van der Waals surface area (Å²) in [6, 6.07) is 7.13. The van der Waals surface area contributed by atoms with Gasteiger partial charge in [0.25, 0.3) is 5.91 Å². The summed E-state index contributed by atoms with van der Waals surface area (Å²) in [5, 5.41) is 3.58. The number of likely N-dealkylation sites (tertiary alicyclic amines) is 1. The van der Waals surface area contributed by atoms with Crippen LogP contribution >= 0.6 is 11.6 Å². The van der Waals surface area contributed by atoms with Gasteiger partial charge in [-0.15, -0.1) is 0 Å². The molecule has 1 aromatic rings. The van der Waals surface area contributed by atoms with E-state index >= 15 is 0 Å². The quantitative estimate of drug-likeness (QED) is 0.875. The zero-order valence-electron chi connectivity index (χ0n) is 10.2. The molecule has 2 rings (SSSR count). The molecule has 1 aromatic carbocycles. The second kappa shape index (κ2) is 4.67. The first-order chi connectivity index (χ1) is 8.00. The number of nitrogens with zero attached hydrogens (tertiary/aromatic N) is 1. The highest BCUT2D eigenvalue weighted by atomic mass is 35.5. The molecule has 1 N–H and O–H groups in total. The van der Waals surface area contributed by atoms with E-state index in [0.717, 1.165) is 19.5 Å². The van der Waals surface area contributed by atoms with Crippen molar-refractivity contribution in [2.24, 2.45) is 0 Å². The van der Waals surface area contributed by atoms with Gasteiger partial charge in [-0.05, 0) is 32.5 Å². The molecule has 3 nitrogen and oxygen atoms in total. The van der Waals surface area contributed by atoms with Crippen molar-refractivity contribution in [3.8, 4) is 0 Å². The van der Waals surface area contributed by atoms with Crippen molar-refractivity contribution in [1.29, 1.82) is 0 Å². The molecule has 1 saturated heterocycles. The second-order valence-corrected chi connectivity index (χ2v) is 5.39. The lowest BCUT2D eigenvalue weighted by molar-refractivity contribution is 0.0909. The molecule has 1 fully saturated rings. The molecular weight excluding hydrogens is 236 g/mol. The van der Waals surface area contributed by atoms with Crippen LogP contribution in [0, 0.1) is 0 Å². The van der Waals surface area contributed by atoms with Gasteiger partial charge in [0.15, 0.2) is 0 Å². The van der Waals surface area contributed by atoms with E-state index in [2.05, 4.69) is 24.2 Å². The first-order valence-electron chi connectivity index (χ1n) is 5.76. The molecule has 1 unspecified atom stereocenters. The van der Waals surface area contributed by atoms with E-state index < -0.39 is 0 Å². The van der Waals surface area contributed by atoms with Gasteiger partial charge in [0.1, 0.15) is 0 Å². The Hall–Kier alpha value is -1.06. The van der Waals surface area contributed by atoms with E-state index in [-0.39, 0.29) is 11.4 Å². The first kappa shape index (κ1) is 12.4. The van der Waals surface area contributed by atoms with Gasteiger partial charge in [0, 0.05) is 13.1 Å². The van der Waals surface area contributed by atoms with E-state index in [1.54, 1.807) is 12.1 Å². The minimum Gasteiger partial charge on any atom is -0.345 e. The normalized spacial score (nSPS) is 24.9. The van der Waals surface area contributed by atoms with E-state index in [1.165, 1.54) is 0 Å². The number of rotatable bonds is 2. The van der Waals surface area contributed by atoms with Crippen molar-refractivity contribution in [3.63, 3.8) is 0 Å². The molecular formula is C13H17ClN2O. The van der Waals surface area contributed by atoms with Crippen molar-refractivity contribution in [3.05, 3.63) is 34.9 Å². The number of likely N-dealkylation sites (N-methyl/N-ethyl adjacent to an activating group) is 1. The molecule has 1 atom stereocenters. The Bertz CT molecular complexity index is 435. The van der Waals surface area contributed by atoms with Crippen molar-refractivity contribution in [1.82, 2.24) is 10.2 Å². The zero-order valence-corrected chi connectivity index (χ0v) is 10.9. The lowest BCUT2D eigenvalue weighted by Gasteiger charge is -2.25. The van der Waals surface area contributed by atoms with Crippen LogP contribution < -0.4 is 5.32 Å². The summed E-state index contributed by atoms with van der Waals surface area (Å²) in [4.78, 5) is 14.3. The molecule has 4 heteroatoms. The Morgan fingerprint density at radius 2 is 2.18 bits per heavy atom. The largest absolute Gasteiger partial charge is 0.345 e. The molecule has 0 bridgehead atoms. The van der Waals surface area contributed by atoms with Crippen molar-refractivity contribution in [2.45, 2.75) is 18.9 Å². The van der Waals surface area contributed by atoms with Gasteiger partial charge < -0.3 is 10.2 Å². The fourth-order valence-electron chi connectivity index (χ4n) is 2.28. The highest BCUT2D eigenvalue weighted by molar-refractivity contribution is 6.33. The lowest BCUT2D eigenvalue weighted by Crippen LogP contribution is -2.47. The summed E-state index contributed by atoms with van der Waals surface area (Å²) < 4.78 is 0. The molecule has 1 amide bonds. The van der Waals surface area contributed by atoms with Gasteiger partial charge >= 0.3 is 0 Å². The summed E-state index contributed by atoms with van der Waals surface area (Å²) in [5.41, 5.74) is 0.398. The van der Waals surface area contributed by atoms with Gasteiger partial charge in [-0.3, -0.25) is 4.79 Å². The Morgan fingerprint density at radius 3 is 2.76 bits per heavy atom. The van der Waals surface area contributed by atoms with Crippen LogP contribution in [0.5, 0.6) is 0 Å². The van der Waals surface area contributed by atoms with Crippen LogP contribution in [0.4, 0.5) is 0 Å². The number of nitrogens with one attached hydrogen (secondary N) is 1. The monoisotopic (exact) mass is 252 g/mol. The minimum atomic E-state index is -0.148. The predicted molar refractivity (Wildman–Crippen MR) is 69.4 cm³/mol. The molecule has 0 saturated carbocycles. The topological polar surface area (TPSA) is 32.3 Å². The smallest absolute Gasteiger partial charge is 0.253 e. The van der Waals surface area contributed by atoms with Gasteiger partial charge in [0.05, 0.1) is 16.1 Å². The second-order valence-electron chi connectivity index (χ2n) is 4.98. The number of halogens is 1. The Kier molecular flexibility index (Phi) is 3.40. The van der Waals surface area contributed by atoms with Crippen LogP contribution in [0.2, 0.25) is 5.02 Å². The molecule has 0 aliphatic carbocycles. The maximum atomic E-state index is 12.1.